The third-order valence-electron chi connectivity index (χ3n) is 3.31. The highest BCUT2D eigenvalue weighted by Crippen LogP contribution is 2.30. The highest BCUT2D eigenvalue weighted by atomic mass is 79.9. The fraction of sp³-hybridized carbons (Fsp3) is 0.118. The molecule has 0 spiro atoms. The van der Waals surface area contributed by atoms with Gasteiger partial charge in [-0.05, 0) is 62.2 Å². The zero-order valence-electron chi connectivity index (χ0n) is 13.0. The summed E-state index contributed by atoms with van der Waals surface area (Å²) in [6.07, 6.45) is 0. The minimum Gasteiger partial charge on any atom is -0.496 e. The topological polar surface area (TPSA) is 65.2 Å². The van der Waals surface area contributed by atoms with E-state index < -0.39 is 0 Å². The summed E-state index contributed by atoms with van der Waals surface area (Å²) in [6, 6.07) is 12.8. The molecule has 0 amide bonds. The van der Waals surface area contributed by atoms with Crippen LogP contribution in [-0.4, -0.2) is 28.8 Å². The number of thioether (sulfide) groups is 1. The van der Waals surface area contributed by atoms with Crippen LogP contribution in [0, 0.1) is 0 Å². The standard InChI is InChI=1S/C17H12Br2N2O3S/c1-23-15-7-6-10(8-13(15)19)14(22)9-25-17-21-20-16(24-17)11-4-2-3-5-12(11)18/h2-8H,9H2,1H3. The lowest BCUT2D eigenvalue weighted by atomic mass is 10.1. The maximum atomic E-state index is 12.3. The van der Waals surface area contributed by atoms with Crippen molar-refractivity contribution in [2.24, 2.45) is 0 Å². The van der Waals surface area contributed by atoms with Crippen molar-refractivity contribution in [3.8, 4) is 17.2 Å². The number of hydrogen-bond acceptors (Lipinski definition) is 6. The third kappa shape index (κ3) is 4.31. The van der Waals surface area contributed by atoms with Crippen LogP contribution in [0.25, 0.3) is 11.5 Å². The molecule has 0 aliphatic heterocycles. The molecule has 0 unspecified atom stereocenters. The number of aromatic nitrogens is 2. The van der Waals surface area contributed by atoms with Crippen LogP contribution in [0.2, 0.25) is 0 Å². The van der Waals surface area contributed by atoms with Crippen molar-refractivity contribution in [1.82, 2.24) is 10.2 Å². The summed E-state index contributed by atoms with van der Waals surface area (Å²) < 4.78 is 12.4. The molecule has 0 bridgehead atoms. The zero-order chi connectivity index (χ0) is 17.8. The molecule has 0 atom stereocenters. The van der Waals surface area contributed by atoms with E-state index in [-0.39, 0.29) is 11.5 Å². The quantitative estimate of drug-likeness (QED) is 0.352. The molecule has 0 saturated carbocycles. The number of hydrogen-bond donors (Lipinski definition) is 0. The fourth-order valence-corrected chi connectivity index (χ4v) is 3.71. The van der Waals surface area contributed by atoms with Gasteiger partial charge in [-0.3, -0.25) is 4.79 Å². The number of benzene rings is 2. The van der Waals surface area contributed by atoms with Gasteiger partial charge in [0.15, 0.2) is 5.78 Å². The summed E-state index contributed by atoms with van der Waals surface area (Å²) >= 11 is 8.04. The van der Waals surface area contributed by atoms with Gasteiger partial charge in [-0.25, -0.2) is 0 Å². The van der Waals surface area contributed by atoms with E-state index in [0.29, 0.717) is 22.4 Å². The lowest BCUT2D eigenvalue weighted by Gasteiger charge is -2.05. The molecule has 8 heteroatoms. The largest absolute Gasteiger partial charge is 0.496 e. The fourth-order valence-electron chi connectivity index (χ4n) is 2.06. The Morgan fingerprint density at radius 2 is 1.96 bits per heavy atom. The smallest absolute Gasteiger partial charge is 0.277 e. The average molecular weight is 484 g/mol. The van der Waals surface area contributed by atoms with Gasteiger partial charge in [0.25, 0.3) is 5.22 Å². The van der Waals surface area contributed by atoms with E-state index in [1.54, 1.807) is 25.3 Å². The maximum absolute atomic E-state index is 12.3. The first-order valence-electron chi connectivity index (χ1n) is 7.16. The molecule has 3 aromatic rings. The van der Waals surface area contributed by atoms with Crippen LogP contribution >= 0.6 is 43.6 Å². The van der Waals surface area contributed by atoms with E-state index in [4.69, 9.17) is 9.15 Å². The Balaban J connectivity index is 1.67. The molecular weight excluding hydrogens is 472 g/mol. The van der Waals surface area contributed by atoms with Gasteiger partial charge in [0, 0.05) is 10.0 Å². The Labute approximate surface area is 165 Å². The van der Waals surface area contributed by atoms with E-state index >= 15 is 0 Å². The third-order valence-corrected chi connectivity index (χ3v) is 5.44. The molecule has 0 fully saturated rings. The predicted molar refractivity (Wildman–Crippen MR) is 103 cm³/mol. The second-order valence-electron chi connectivity index (χ2n) is 4.91. The van der Waals surface area contributed by atoms with Gasteiger partial charge in [-0.1, -0.05) is 23.9 Å². The number of methoxy groups -OCH3 is 1. The van der Waals surface area contributed by atoms with Crippen molar-refractivity contribution < 1.29 is 13.9 Å². The van der Waals surface area contributed by atoms with Gasteiger partial charge in [0.2, 0.25) is 5.89 Å². The molecular formula is C17H12Br2N2O3S. The van der Waals surface area contributed by atoms with Crippen molar-refractivity contribution in [3.63, 3.8) is 0 Å². The lowest BCUT2D eigenvalue weighted by molar-refractivity contribution is 0.102. The molecule has 3 rings (SSSR count). The molecule has 5 nitrogen and oxygen atoms in total. The van der Waals surface area contributed by atoms with Crippen LogP contribution in [0.15, 0.2) is 61.0 Å². The molecule has 0 aliphatic carbocycles. The van der Waals surface area contributed by atoms with Crippen LogP contribution in [-0.2, 0) is 0 Å². The number of carbonyl (C=O) groups excluding carboxylic acids is 1. The van der Waals surface area contributed by atoms with Gasteiger partial charge in [0.05, 0.1) is 22.9 Å². The van der Waals surface area contributed by atoms with Crippen LogP contribution < -0.4 is 4.74 Å². The van der Waals surface area contributed by atoms with Gasteiger partial charge >= 0.3 is 0 Å². The highest BCUT2D eigenvalue weighted by molar-refractivity contribution is 9.11. The van der Waals surface area contributed by atoms with E-state index in [9.17, 15) is 4.79 Å². The van der Waals surface area contributed by atoms with Gasteiger partial charge in [-0.15, -0.1) is 10.2 Å². The second kappa shape index (κ2) is 8.16. The summed E-state index contributed by atoms with van der Waals surface area (Å²) in [5, 5.41) is 8.37. The summed E-state index contributed by atoms with van der Waals surface area (Å²) in [7, 11) is 1.58. The second-order valence-corrected chi connectivity index (χ2v) is 7.55. The van der Waals surface area contributed by atoms with E-state index in [1.807, 2.05) is 24.3 Å². The van der Waals surface area contributed by atoms with E-state index in [1.165, 1.54) is 11.8 Å². The summed E-state index contributed by atoms with van der Waals surface area (Å²) in [5.41, 5.74) is 1.40. The Morgan fingerprint density at radius 1 is 1.16 bits per heavy atom. The van der Waals surface area contributed by atoms with Crippen LogP contribution in [0.5, 0.6) is 5.75 Å². The van der Waals surface area contributed by atoms with Gasteiger partial charge in [-0.2, -0.15) is 0 Å². The number of ether oxygens (including phenoxy) is 1. The minimum atomic E-state index is -0.0333. The SMILES string of the molecule is COc1ccc(C(=O)CSc2nnc(-c3ccccc3Br)o2)cc1Br. The summed E-state index contributed by atoms with van der Waals surface area (Å²) in [6.45, 7) is 0. The van der Waals surface area contributed by atoms with Crippen molar-refractivity contribution in [2.45, 2.75) is 5.22 Å². The molecule has 0 N–H and O–H groups in total. The molecule has 128 valence electrons. The summed E-state index contributed by atoms with van der Waals surface area (Å²) in [5.74, 6) is 1.26. The molecule has 0 radical (unpaired) electrons. The first-order chi connectivity index (χ1) is 12.1. The van der Waals surface area contributed by atoms with Crippen LogP contribution in [0.3, 0.4) is 0 Å². The number of Topliss-reactive ketones (excluding diaryl/α,β-unsaturated/α-hetero) is 1. The Kier molecular flexibility index (Phi) is 5.93. The normalized spacial score (nSPS) is 10.7. The van der Waals surface area contributed by atoms with Crippen molar-refractivity contribution >= 4 is 49.4 Å². The molecule has 25 heavy (non-hydrogen) atoms. The minimum absolute atomic E-state index is 0.0333. The first-order valence-corrected chi connectivity index (χ1v) is 9.73. The monoisotopic (exact) mass is 482 g/mol. The lowest BCUT2D eigenvalue weighted by Crippen LogP contribution is -2.02. The Morgan fingerprint density at radius 3 is 2.68 bits per heavy atom. The summed E-state index contributed by atoms with van der Waals surface area (Å²) in [4.78, 5) is 12.3. The predicted octanol–water partition coefficient (Wildman–Crippen LogP) is 5.25. The Hall–Kier alpha value is -1.64. The van der Waals surface area contributed by atoms with Crippen molar-refractivity contribution in [1.29, 1.82) is 0 Å². The molecule has 1 aromatic heterocycles. The number of rotatable bonds is 6. The highest BCUT2D eigenvalue weighted by Gasteiger charge is 2.14. The maximum Gasteiger partial charge on any atom is 0.277 e. The molecule has 2 aromatic carbocycles. The number of carbonyl (C=O) groups is 1. The number of halogens is 2. The number of nitrogens with zero attached hydrogens (tertiary/aromatic N) is 2. The molecule has 1 heterocycles. The van der Waals surface area contributed by atoms with Gasteiger partial charge < -0.3 is 9.15 Å². The van der Waals surface area contributed by atoms with Crippen LogP contribution in [0.1, 0.15) is 10.4 Å². The average Bonchev–Trinajstić information content (AvgIpc) is 3.08. The Bertz CT molecular complexity index is 914. The first kappa shape index (κ1) is 18.2. The van der Waals surface area contributed by atoms with Crippen molar-refractivity contribution in [2.75, 3.05) is 12.9 Å². The molecule has 0 saturated heterocycles. The zero-order valence-corrected chi connectivity index (χ0v) is 17.0. The van der Waals surface area contributed by atoms with Crippen LogP contribution in [0.4, 0.5) is 0 Å². The molecule has 0 aliphatic rings. The number of ketones is 1. The van der Waals surface area contributed by atoms with Gasteiger partial charge in [0.1, 0.15) is 5.75 Å². The van der Waals surface area contributed by atoms with Crippen molar-refractivity contribution in [3.05, 3.63) is 57.0 Å². The van der Waals surface area contributed by atoms with E-state index in [2.05, 4.69) is 42.1 Å². The van der Waals surface area contributed by atoms with E-state index in [0.717, 1.165) is 14.5 Å².